The topological polar surface area (TPSA) is 56.7 Å². The summed E-state index contributed by atoms with van der Waals surface area (Å²) >= 11 is 0. The number of rotatable bonds is 6. The van der Waals surface area contributed by atoms with E-state index in [1.165, 1.54) is 6.42 Å². The van der Waals surface area contributed by atoms with Crippen LogP contribution in [0.5, 0.6) is 0 Å². The predicted octanol–water partition coefficient (Wildman–Crippen LogP) is 3.02. The fourth-order valence-corrected chi connectivity index (χ4v) is 3.04. The Labute approximate surface area is 151 Å². The van der Waals surface area contributed by atoms with Crippen molar-refractivity contribution in [3.05, 3.63) is 35.4 Å². The van der Waals surface area contributed by atoms with Crippen molar-refractivity contribution in [2.75, 3.05) is 26.2 Å². The van der Waals surface area contributed by atoms with E-state index in [0.717, 1.165) is 37.6 Å². The van der Waals surface area contributed by atoms with Crippen molar-refractivity contribution in [3.8, 4) is 0 Å². The van der Waals surface area contributed by atoms with Crippen LogP contribution < -0.4 is 10.6 Å². The zero-order valence-electron chi connectivity index (χ0n) is 16.1. The number of benzene rings is 1. The molecule has 2 rings (SSSR count). The van der Waals surface area contributed by atoms with Crippen LogP contribution in [-0.2, 0) is 6.54 Å². The molecule has 0 radical (unpaired) electrons. The molecule has 25 heavy (non-hydrogen) atoms. The van der Waals surface area contributed by atoms with Crippen molar-refractivity contribution in [1.29, 1.82) is 0 Å². The van der Waals surface area contributed by atoms with Gasteiger partial charge in [-0.2, -0.15) is 0 Å². The second-order valence-corrected chi connectivity index (χ2v) is 7.46. The van der Waals surface area contributed by atoms with E-state index in [1.54, 1.807) is 0 Å². The summed E-state index contributed by atoms with van der Waals surface area (Å²) in [5, 5.41) is 6.31. The highest BCUT2D eigenvalue weighted by atomic mass is 16.1. The van der Waals surface area contributed by atoms with E-state index in [4.69, 9.17) is 4.99 Å². The van der Waals surface area contributed by atoms with Crippen LogP contribution in [0.15, 0.2) is 29.3 Å². The molecule has 0 atom stereocenters. The number of hydrogen-bond acceptors (Lipinski definition) is 2. The Balaban J connectivity index is 2.06. The lowest BCUT2D eigenvalue weighted by Crippen LogP contribution is -2.40. The molecule has 0 aromatic heterocycles. The molecular weight excluding hydrogens is 312 g/mol. The second kappa shape index (κ2) is 8.88. The lowest BCUT2D eigenvalue weighted by atomic mass is 9.93. The summed E-state index contributed by atoms with van der Waals surface area (Å²) in [4.78, 5) is 19.2. The first-order valence-electron chi connectivity index (χ1n) is 9.35. The van der Waals surface area contributed by atoms with Crippen molar-refractivity contribution >= 4 is 11.9 Å². The summed E-state index contributed by atoms with van der Waals surface area (Å²) in [7, 11) is 0. The van der Waals surface area contributed by atoms with Gasteiger partial charge in [0.25, 0.3) is 5.91 Å². The highest BCUT2D eigenvalue weighted by Gasteiger charge is 2.30. The Hall–Kier alpha value is -2.04. The van der Waals surface area contributed by atoms with Crippen molar-refractivity contribution in [3.63, 3.8) is 0 Å². The highest BCUT2D eigenvalue weighted by molar-refractivity contribution is 5.94. The summed E-state index contributed by atoms with van der Waals surface area (Å²) in [6.07, 6.45) is 2.12. The number of guanidine groups is 1. The molecule has 1 heterocycles. The van der Waals surface area contributed by atoms with Crippen LogP contribution in [0.25, 0.3) is 0 Å². The normalized spacial score (nSPS) is 16.8. The van der Waals surface area contributed by atoms with E-state index >= 15 is 0 Å². The summed E-state index contributed by atoms with van der Waals surface area (Å²) in [6, 6.07) is 7.74. The Morgan fingerprint density at radius 3 is 2.72 bits per heavy atom. The summed E-state index contributed by atoms with van der Waals surface area (Å²) in [5.41, 5.74) is 2.10. The van der Waals surface area contributed by atoms with Gasteiger partial charge in [-0.3, -0.25) is 4.79 Å². The maximum Gasteiger partial charge on any atom is 0.251 e. The van der Waals surface area contributed by atoms with Crippen LogP contribution in [0.4, 0.5) is 0 Å². The molecule has 0 saturated carbocycles. The number of amides is 1. The first kappa shape index (κ1) is 19.3. The van der Waals surface area contributed by atoms with Crippen LogP contribution in [0.2, 0.25) is 0 Å². The van der Waals surface area contributed by atoms with E-state index in [2.05, 4.69) is 36.3 Å². The third-order valence-corrected chi connectivity index (χ3v) is 4.45. The zero-order chi connectivity index (χ0) is 18.3. The lowest BCUT2D eigenvalue weighted by Gasteiger charge is -2.23. The minimum atomic E-state index is -0.0131. The molecule has 1 amide bonds. The van der Waals surface area contributed by atoms with Gasteiger partial charge in [-0.1, -0.05) is 32.9 Å². The molecule has 1 fully saturated rings. The molecule has 0 spiro atoms. The molecular formula is C20H32N4O. The number of likely N-dealkylation sites (tertiary alicyclic amines) is 1. The van der Waals surface area contributed by atoms with Gasteiger partial charge in [0.1, 0.15) is 0 Å². The van der Waals surface area contributed by atoms with E-state index in [0.29, 0.717) is 24.1 Å². The van der Waals surface area contributed by atoms with Gasteiger partial charge in [0.05, 0.1) is 6.54 Å². The fraction of sp³-hybridized carbons (Fsp3) is 0.600. The monoisotopic (exact) mass is 344 g/mol. The number of carbonyl (C=O) groups excluding carboxylic acids is 1. The molecule has 1 aliphatic heterocycles. The second-order valence-electron chi connectivity index (χ2n) is 7.46. The van der Waals surface area contributed by atoms with Crippen LogP contribution in [0.1, 0.15) is 56.5 Å². The fourth-order valence-electron chi connectivity index (χ4n) is 3.04. The van der Waals surface area contributed by atoms with E-state index in [1.807, 2.05) is 31.2 Å². The first-order valence-corrected chi connectivity index (χ1v) is 9.35. The molecule has 1 aromatic rings. The Morgan fingerprint density at radius 1 is 1.28 bits per heavy atom. The van der Waals surface area contributed by atoms with Crippen LogP contribution in [-0.4, -0.2) is 42.9 Å². The molecule has 5 heteroatoms. The van der Waals surface area contributed by atoms with E-state index in [-0.39, 0.29) is 5.91 Å². The zero-order valence-corrected chi connectivity index (χ0v) is 16.1. The molecule has 1 aromatic carbocycles. The van der Waals surface area contributed by atoms with Gasteiger partial charge < -0.3 is 15.5 Å². The highest BCUT2D eigenvalue weighted by Crippen LogP contribution is 2.28. The van der Waals surface area contributed by atoms with Gasteiger partial charge in [-0.15, -0.1) is 0 Å². The maximum atomic E-state index is 12.1. The van der Waals surface area contributed by atoms with Gasteiger partial charge in [-0.05, 0) is 42.9 Å². The minimum Gasteiger partial charge on any atom is -0.357 e. The quantitative estimate of drug-likeness (QED) is 0.616. The van der Waals surface area contributed by atoms with E-state index < -0.39 is 0 Å². The molecule has 0 bridgehead atoms. The first-order chi connectivity index (χ1) is 11.9. The summed E-state index contributed by atoms with van der Waals surface area (Å²) < 4.78 is 0. The van der Waals surface area contributed by atoms with Gasteiger partial charge in [0.2, 0.25) is 0 Å². The Bertz CT molecular complexity index is 609. The Kier molecular flexibility index (Phi) is 6.85. The SMILES string of the molecule is CCCNC(=O)c1cccc(CN=C(NCC)N2CCC(C)(C)C2)c1. The molecule has 1 aliphatic rings. The average Bonchev–Trinajstić information content (AvgIpc) is 2.96. The largest absolute Gasteiger partial charge is 0.357 e. The number of hydrogen-bond donors (Lipinski definition) is 2. The maximum absolute atomic E-state index is 12.1. The molecule has 2 N–H and O–H groups in total. The van der Waals surface area contributed by atoms with Crippen molar-refractivity contribution < 1.29 is 4.79 Å². The van der Waals surface area contributed by atoms with Crippen LogP contribution in [0.3, 0.4) is 0 Å². The standard InChI is InChI=1S/C20H32N4O/c1-5-11-22-18(25)17-9-7-8-16(13-17)14-23-19(21-6-2)24-12-10-20(3,4)15-24/h7-9,13H,5-6,10-12,14-15H2,1-4H3,(H,21,23)(H,22,25). The minimum absolute atomic E-state index is 0.0131. The molecule has 0 unspecified atom stereocenters. The van der Waals surface area contributed by atoms with Crippen molar-refractivity contribution in [2.45, 2.75) is 47.1 Å². The smallest absolute Gasteiger partial charge is 0.251 e. The van der Waals surface area contributed by atoms with Crippen LogP contribution in [0, 0.1) is 5.41 Å². The molecule has 138 valence electrons. The average molecular weight is 345 g/mol. The van der Waals surface area contributed by atoms with Crippen LogP contribution >= 0.6 is 0 Å². The van der Waals surface area contributed by atoms with Crippen molar-refractivity contribution in [1.82, 2.24) is 15.5 Å². The number of aliphatic imine (C=N–C) groups is 1. The number of nitrogens with zero attached hydrogens (tertiary/aromatic N) is 2. The summed E-state index contributed by atoms with van der Waals surface area (Å²) in [6.45, 7) is 12.9. The molecule has 1 saturated heterocycles. The third kappa shape index (κ3) is 5.76. The van der Waals surface area contributed by atoms with Crippen molar-refractivity contribution in [2.24, 2.45) is 10.4 Å². The predicted molar refractivity (Wildman–Crippen MR) is 104 cm³/mol. The third-order valence-electron chi connectivity index (χ3n) is 4.45. The van der Waals surface area contributed by atoms with E-state index in [9.17, 15) is 4.79 Å². The summed E-state index contributed by atoms with van der Waals surface area (Å²) in [5.74, 6) is 0.954. The molecule has 5 nitrogen and oxygen atoms in total. The van der Waals surface area contributed by atoms with Gasteiger partial charge >= 0.3 is 0 Å². The van der Waals surface area contributed by atoms with Gasteiger partial charge in [-0.25, -0.2) is 4.99 Å². The number of carbonyl (C=O) groups is 1. The van der Waals surface area contributed by atoms with Gasteiger partial charge in [0, 0.05) is 31.7 Å². The molecule has 0 aliphatic carbocycles. The Morgan fingerprint density at radius 2 is 2.08 bits per heavy atom. The number of nitrogens with one attached hydrogen (secondary N) is 2. The van der Waals surface area contributed by atoms with Gasteiger partial charge in [0.15, 0.2) is 5.96 Å². The lowest BCUT2D eigenvalue weighted by molar-refractivity contribution is 0.0953.